The second-order valence-corrected chi connectivity index (χ2v) is 7.81. The highest BCUT2D eigenvalue weighted by Crippen LogP contribution is 2.22. The molecule has 0 atom stereocenters. The van der Waals surface area contributed by atoms with E-state index in [4.69, 9.17) is 0 Å². The lowest BCUT2D eigenvalue weighted by Gasteiger charge is -2.32. The number of nitrogens with one attached hydrogen (secondary N) is 2. The van der Waals surface area contributed by atoms with Gasteiger partial charge in [-0.05, 0) is 44.4 Å². The maximum Gasteiger partial charge on any atom is 0.263 e. The van der Waals surface area contributed by atoms with Crippen LogP contribution in [0, 0.1) is 13.8 Å². The van der Waals surface area contributed by atoms with E-state index in [-0.39, 0.29) is 17.9 Å². The van der Waals surface area contributed by atoms with E-state index in [0.29, 0.717) is 23.5 Å². The summed E-state index contributed by atoms with van der Waals surface area (Å²) in [7, 11) is 0. The molecule has 0 saturated carbocycles. The van der Waals surface area contributed by atoms with Gasteiger partial charge in [-0.3, -0.25) is 14.7 Å². The van der Waals surface area contributed by atoms with Crippen LogP contribution in [0.5, 0.6) is 0 Å². The van der Waals surface area contributed by atoms with Crippen LogP contribution in [-0.2, 0) is 0 Å². The number of amides is 2. The van der Waals surface area contributed by atoms with Gasteiger partial charge in [0.25, 0.3) is 11.8 Å². The van der Waals surface area contributed by atoms with Gasteiger partial charge in [0.05, 0.1) is 28.5 Å². The average molecular weight is 383 g/mol. The third-order valence-electron chi connectivity index (χ3n) is 4.99. The molecule has 4 rings (SSSR count). The minimum atomic E-state index is -0.0716. The first-order chi connectivity index (χ1) is 13.0. The monoisotopic (exact) mass is 383 g/mol. The summed E-state index contributed by atoms with van der Waals surface area (Å²) in [4.78, 5) is 32.0. The first-order valence-electron chi connectivity index (χ1n) is 8.97. The van der Waals surface area contributed by atoms with Crippen molar-refractivity contribution in [1.82, 2.24) is 25.4 Å². The number of thiazole rings is 1. The zero-order chi connectivity index (χ0) is 19.0. The fourth-order valence-corrected chi connectivity index (χ4v) is 4.25. The molecule has 2 N–H and O–H groups in total. The SMILES string of the molecule is Cc1cc(C(=O)N2CCC(NC(=O)c3scnc3C)CC2)c2[nH]ncc2c1. The first kappa shape index (κ1) is 17.7. The van der Waals surface area contributed by atoms with Crippen molar-refractivity contribution < 1.29 is 9.59 Å². The number of carbonyl (C=O) groups excluding carboxylic acids is 2. The summed E-state index contributed by atoms with van der Waals surface area (Å²) in [6.45, 7) is 5.06. The van der Waals surface area contributed by atoms with Crippen LogP contribution in [0.2, 0.25) is 0 Å². The lowest BCUT2D eigenvalue weighted by atomic mass is 10.0. The van der Waals surface area contributed by atoms with Gasteiger partial charge in [0.15, 0.2) is 0 Å². The molecule has 1 aliphatic rings. The maximum absolute atomic E-state index is 13.0. The quantitative estimate of drug-likeness (QED) is 0.727. The van der Waals surface area contributed by atoms with Crippen LogP contribution in [0.4, 0.5) is 0 Å². The molecule has 0 spiro atoms. The van der Waals surface area contributed by atoms with Crippen LogP contribution in [0.25, 0.3) is 10.9 Å². The second kappa shape index (κ2) is 7.11. The smallest absolute Gasteiger partial charge is 0.263 e. The van der Waals surface area contributed by atoms with E-state index in [1.54, 1.807) is 11.7 Å². The Labute approximate surface area is 160 Å². The predicted octanol–water partition coefficient (Wildman–Crippen LogP) is 2.67. The molecule has 2 amide bonds. The summed E-state index contributed by atoms with van der Waals surface area (Å²) in [6, 6.07) is 4.00. The van der Waals surface area contributed by atoms with Crippen molar-refractivity contribution in [3.8, 4) is 0 Å². The highest BCUT2D eigenvalue weighted by atomic mass is 32.1. The molecule has 7 nitrogen and oxygen atoms in total. The Hall–Kier alpha value is -2.74. The molecular weight excluding hydrogens is 362 g/mol. The summed E-state index contributed by atoms with van der Waals surface area (Å²) in [5, 5.41) is 11.0. The molecule has 0 radical (unpaired) electrons. The molecule has 1 aliphatic heterocycles. The van der Waals surface area contributed by atoms with Crippen LogP contribution >= 0.6 is 11.3 Å². The number of aromatic nitrogens is 3. The molecular formula is C19H21N5O2S. The molecule has 1 saturated heterocycles. The molecule has 0 unspecified atom stereocenters. The van der Waals surface area contributed by atoms with Crippen molar-refractivity contribution >= 4 is 34.1 Å². The molecule has 2 aromatic heterocycles. The number of hydrogen-bond donors (Lipinski definition) is 2. The Kier molecular flexibility index (Phi) is 4.65. The Morgan fingerprint density at radius 1 is 1.26 bits per heavy atom. The predicted molar refractivity (Wildman–Crippen MR) is 104 cm³/mol. The molecule has 0 bridgehead atoms. The van der Waals surface area contributed by atoms with Crippen LogP contribution < -0.4 is 5.32 Å². The normalized spacial score (nSPS) is 15.3. The van der Waals surface area contributed by atoms with Gasteiger partial charge in [0.1, 0.15) is 4.88 Å². The van der Waals surface area contributed by atoms with Crippen molar-refractivity contribution in [2.24, 2.45) is 0 Å². The van der Waals surface area contributed by atoms with E-state index in [2.05, 4.69) is 20.5 Å². The van der Waals surface area contributed by atoms with Gasteiger partial charge in [-0.25, -0.2) is 4.98 Å². The number of nitrogens with zero attached hydrogens (tertiary/aromatic N) is 3. The maximum atomic E-state index is 13.0. The lowest BCUT2D eigenvalue weighted by Crippen LogP contribution is -2.46. The third-order valence-corrected chi connectivity index (χ3v) is 5.92. The number of carbonyl (C=O) groups is 2. The number of aryl methyl sites for hydroxylation is 2. The fourth-order valence-electron chi connectivity index (χ4n) is 3.54. The highest BCUT2D eigenvalue weighted by Gasteiger charge is 2.27. The molecule has 3 aromatic rings. The molecule has 27 heavy (non-hydrogen) atoms. The van der Waals surface area contributed by atoms with E-state index in [9.17, 15) is 9.59 Å². The highest BCUT2D eigenvalue weighted by molar-refractivity contribution is 7.11. The number of fused-ring (bicyclic) bond motifs is 1. The molecule has 8 heteroatoms. The summed E-state index contributed by atoms with van der Waals surface area (Å²) in [5.74, 6) is -0.0614. The zero-order valence-electron chi connectivity index (χ0n) is 15.3. The van der Waals surface area contributed by atoms with Gasteiger partial charge in [-0.2, -0.15) is 5.10 Å². The Morgan fingerprint density at radius 2 is 2.04 bits per heavy atom. The van der Waals surface area contributed by atoms with Crippen molar-refractivity contribution in [1.29, 1.82) is 0 Å². The molecule has 3 heterocycles. The van der Waals surface area contributed by atoms with Crippen LogP contribution in [0.15, 0.2) is 23.8 Å². The standard InChI is InChI=1S/C19H21N5O2S/c1-11-7-13-9-21-23-16(13)15(8-11)19(26)24-5-3-14(4-6-24)22-18(25)17-12(2)20-10-27-17/h7-10,14H,3-6H2,1-2H3,(H,21,23)(H,22,25). The fraction of sp³-hybridized carbons (Fsp3) is 0.368. The van der Waals surface area contributed by atoms with Crippen molar-refractivity contribution in [3.05, 3.63) is 45.5 Å². The zero-order valence-corrected chi connectivity index (χ0v) is 16.1. The minimum Gasteiger partial charge on any atom is -0.348 e. The lowest BCUT2D eigenvalue weighted by molar-refractivity contribution is 0.0700. The van der Waals surface area contributed by atoms with Crippen LogP contribution in [0.3, 0.4) is 0 Å². The molecule has 1 aromatic carbocycles. The summed E-state index contributed by atoms with van der Waals surface area (Å²) in [6.07, 6.45) is 3.23. The van der Waals surface area contributed by atoms with Gasteiger partial charge in [-0.1, -0.05) is 0 Å². The van der Waals surface area contributed by atoms with E-state index < -0.39 is 0 Å². The van der Waals surface area contributed by atoms with Gasteiger partial charge in [0, 0.05) is 24.5 Å². The van der Waals surface area contributed by atoms with Crippen molar-refractivity contribution in [3.63, 3.8) is 0 Å². The Balaban J connectivity index is 1.41. The van der Waals surface area contributed by atoms with Gasteiger partial charge in [0.2, 0.25) is 0 Å². The molecule has 1 fully saturated rings. The third kappa shape index (κ3) is 3.44. The minimum absolute atomic E-state index is 0.0102. The van der Waals surface area contributed by atoms with E-state index in [0.717, 1.165) is 35.0 Å². The summed E-state index contributed by atoms with van der Waals surface area (Å²) >= 11 is 1.36. The topological polar surface area (TPSA) is 91.0 Å². The number of benzene rings is 1. The second-order valence-electron chi connectivity index (χ2n) is 6.95. The van der Waals surface area contributed by atoms with Gasteiger partial charge in [-0.15, -0.1) is 11.3 Å². The first-order valence-corrected chi connectivity index (χ1v) is 9.85. The van der Waals surface area contributed by atoms with Crippen LogP contribution in [0.1, 0.15) is 44.1 Å². The number of rotatable bonds is 3. The van der Waals surface area contributed by atoms with E-state index in [1.807, 2.05) is 30.9 Å². The number of H-pyrrole nitrogens is 1. The van der Waals surface area contributed by atoms with Gasteiger partial charge < -0.3 is 10.2 Å². The number of aromatic amines is 1. The number of likely N-dealkylation sites (tertiary alicyclic amines) is 1. The number of hydrogen-bond acceptors (Lipinski definition) is 5. The number of piperidine rings is 1. The van der Waals surface area contributed by atoms with E-state index in [1.165, 1.54) is 11.3 Å². The Bertz CT molecular complexity index is 1000. The van der Waals surface area contributed by atoms with Crippen molar-refractivity contribution in [2.75, 3.05) is 13.1 Å². The van der Waals surface area contributed by atoms with Crippen molar-refractivity contribution in [2.45, 2.75) is 32.7 Å². The van der Waals surface area contributed by atoms with Crippen LogP contribution in [-0.4, -0.2) is 51.0 Å². The average Bonchev–Trinajstić information content (AvgIpc) is 3.29. The van der Waals surface area contributed by atoms with Gasteiger partial charge >= 0.3 is 0 Å². The summed E-state index contributed by atoms with van der Waals surface area (Å²) in [5.41, 5.74) is 4.92. The van der Waals surface area contributed by atoms with E-state index >= 15 is 0 Å². The molecule has 140 valence electrons. The molecule has 0 aliphatic carbocycles. The largest absolute Gasteiger partial charge is 0.348 e. The summed E-state index contributed by atoms with van der Waals surface area (Å²) < 4.78 is 0. The Morgan fingerprint density at radius 3 is 2.74 bits per heavy atom.